The van der Waals surface area contributed by atoms with Crippen molar-refractivity contribution in [2.24, 2.45) is 0 Å². The van der Waals surface area contributed by atoms with Crippen LogP contribution >= 0.6 is 11.8 Å². The average Bonchev–Trinajstić information content (AvgIpc) is 3.19. The molecular weight excluding hydrogens is 374 g/mol. The Hall–Kier alpha value is -2.87. The number of carbonyl (C=O) groups excluding carboxylic acids is 1. The van der Waals surface area contributed by atoms with E-state index in [1.54, 1.807) is 11.8 Å². The molecule has 0 aliphatic rings. The Balaban J connectivity index is 1.71. The lowest BCUT2D eigenvalue weighted by Gasteiger charge is -2.20. The second-order valence-corrected chi connectivity index (χ2v) is 7.17. The summed E-state index contributed by atoms with van der Waals surface area (Å²) >= 11 is 1.32. The van der Waals surface area contributed by atoms with E-state index in [1.165, 1.54) is 11.8 Å². The largest absolute Gasteiger partial charge is 0.494 e. The maximum atomic E-state index is 12.7. The number of benzene rings is 2. The van der Waals surface area contributed by atoms with E-state index < -0.39 is 0 Å². The molecule has 0 unspecified atom stereocenters. The third-order valence-corrected chi connectivity index (χ3v) is 5.18. The Kier molecular flexibility index (Phi) is 6.65. The van der Waals surface area contributed by atoms with E-state index in [1.807, 2.05) is 67.3 Å². The van der Waals surface area contributed by atoms with Crippen LogP contribution in [0.4, 0.5) is 0 Å². The van der Waals surface area contributed by atoms with Crippen LogP contribution in [0.5, 0.6) is 5.75 Å². The van der Waals surface area contributed by atoms with Crippen LogP contribution in [0.25, 0.3) is 5.69 Å². The first kappa shape index (κ1) is 19.9. The zero-order chi connectivity index (χ0) is 19.9. The van der Waals surface area contributed by atoms with E-state index in [9.17, 15) is 4.79 Å². The highest BCUT2D eigenvalue weighted by atomic mass is 32.2. The molecule has 3 aromatic rings. The molecule has 28 heavy (non-hydrogen) atoms. The number of hydrogen-bond acceptors (Lipinski definition) is 6. The number of amides is 1. The highest BCUT2D eigenvalue weighted by Crippen LogP contribution is 2.27. The number of thioether (sulfide) groups is 1. The topological polar surface area (TPSA) is 73.1 Å². The van der Waals surface area contributed by atoms with Crippen molar-refractivity contribution >= 4 is 17.7 Å². The minimum Gasteiger partial charge on any atom is -0.494 e. The Bertz CT molecular complexity index is 929. The maximum Gasteiger partial charge on any atom is 0.233 e. The molecule has 0 bridgehead atoms. The van der Waals surface area contributed by atoms with Crippen molar-refractivity contribution < 1.29 is 9.53 Å². The van der Waals surface area contributed by atoms with Crippen LogP contribution in [-0.4, -0.2) is 50.4 Å². The van der Waals surface area contributed by atoms with Gasteiger partial charge in [-0.25, -0.2) is 0 Å². The third-order valence-electron chi connectivity index (χ3n) is 4.28. The molecular formula is C20H23N5O2S. The third kappa shape index (κ3) is 4.69. The fraction of sp³-hybridized carbons (Fsp3) is 0.300. The van der Waals surface area contributed by atoms with Gasteiger partial charge < -0.3 is 9.64 Å². The van der Waals surface area contributed by atoms with Gasteiger partial charge in [-0.1, -0.05) is 48.2 Å². The molecule has 0 aliphatic heterocycles. The highest BCUT2D eigenvalue weighted by Gasteiger charge is 2.17. The molecule has 1 amide bonds. The SMILES string of the molecule is CCN(Cc1ccccc1)C(=O)CSc1nnnn1-c1cc(C)ccc1OC. The van der Waals surface area contributed by atoms with Gasteiger partial charge in [0.1, 0.15) is 11.4 Å². The zero-order valence-electron chi connectivity index (χ0n) is 16.2. The molecule has 8 heteroatoms. The summed E-state index contributed by atoms with van der Waals surface area (Å²) < 4.78 is 7.03. The van der Waals surface area contributed by atoms with E-state index in [4.69, 9.17) is 4.74 Å². The van der Waals surface area contributed by atoms with Crippen LogP contribution in [0.2, 0.25) is 0 Å². The van der Waals surface area contributed by atoms with E-state index >= 15 is 0 Å². The molecule has 0 radical (unpaired) electrons. The molecule has 0 aliphatic carbocycles. The number of aromatic nitrogens is 4. The molecule has 1 heterocycles. The van der Waals surface area contributed by atoms with Crippen molar-refractivity contribution in [3.8, 4) is 11.4 Å². The van der Waals surface area contributed by atoms with Crippen molar-refractivity contribution in [1.82, 2.24) is 25.1 Å². The fourth-order valence-electron chi connectivity index (χ4n) is 2.78. The van der Waals surface area contributed by atoms with Crippen LogP contribution in [0.3, 0.4) is 0 Å². The number of hydrogen-bond donors (Lipinski definition) is 0. The van der Waals surface area contributed by atoms with Crippen molar-refractivity contribution in [1.29, 1.82) is 0 Å². The van der Waals surface area contributed by atoms with E-state index in [0.717, 1.165) is 16.8 Å². The summed E-state index contributed by atoms with van der Waals surface area (Å²) in [4.78, 5) is 14.5. The normalized spacial score (nSPS) is 10.7. The van der Waals surface area contributed by atoms with Crippen molar-refractivity contribution in [3.05, 3.63) is 59.7 Å². The standard InChI is InChI=1S/C20H23N5O2S/c1-4-24(13-16-8-6-5-7-9-16)19(26)14-28-20-21-22-23-25(20)17-12-15(2)10-11-18(17)27-3/h5-12H,4,13-14H2,1-3H3. The monoisotopic (exact) mass is 397 g/mol. The van der Waals surface area contributed by atoms with Gasteiger partial charge in [0, 0.05) is 13.1 Å². The zero-order valence-corrected chi connectivity index (χ0v) is 17.0. The summed E-state index contributed by atoms with van der Waals surface area (Å²) in [5.74, 6) is 0.974. The first-order chi connectivity index (χ1) is 13.6. The number of carbonyl (C=O) groups is 1. The van der Waals surface area contributed by atoms with Crippen molar-refractivity contribution in [3.63, 3.8) is 0 Å². The number of methoxy groups -OCH3 is 1. The molecule has 0 atom stereocenters. The van der Waals surface area contributed by atoms with Crippen molar-refractivity contribution in [2.45, 2.75) is 25.5 Å². The summed E-state index contributed by atoms with van der Waals surface area (Å²) in [5.41, 5.74) is 2.93. The minimum atomic E-state index is 0.0436. The lowest BCUT2D eigenvalue weighted by Crippen LogP contribution is -2.31. The number of ether oxygens (including phenoxy) is 1. The first-order valence-corrected chi connectivity index (χ1v) is 9.98. The second-order valence-electron chi connectivity index (χ2n) is 6.23. The Morgan fingerprint density at radius 1 is 1.21 bits per heavy atom. The molecule has 0 saturated heterocycles. The molecule has 7 nitrogen and oxygen atoms in total. The van der Waals surface area contributed by atoms with Crippen LogP contribution in [-0.2, 0) is 11.3 Å². The Morgan fingerprint density at radius 3 is 2.71 bits per heavy atom. The van der Waals surface area contributed by atoms with Gasteiger partial charge in [-0.2, -0.15) is 4.68 Å². The summed E-state index contributed by atoms with van der Waals surface area (Å²) in [5, 5.41) is 12.5. The molecule has 0 spiro atoms. The number of rotatable bonds is 8. The Morgan fingerprint density at radius 2 is 2.00 bits per heavy atom. The second kappa shape index (κ2) is 9.36. The predicted molar refractivity (Wildman–Crippen MR) is 109 cm³/mol. The summed E-state index contributed by atoms with van der Waals surface area (Å²) in [6.07, 6.45) is 0. The summed E-state index contributed by atoms with van der Waals surface area (Å²) in [7, 11) is 1.61. The number of tetrazole rings is 1. The molecule has 0 N–H and O–H groups in total. The van der Waals surface area contributed by atoms with Crippen LogP contribution in [0, 0.1) is 6.92 Å². The van der Waals surface area contributed by atoms with E-state index in [2.05, 4.69) is 15.5 Å². The first-order valence-electron chi connectivity index (χ1n) is 9.00. The lowest BCUT2D eigenvalue weighted by atomic mass is 10.2. The Labute approximate surface area is 168 Å². The number of nitrogens with zero attached hydrogens (tertiary/aromatic N) is 5. The van der Waals surface area contributed by atoms with Crippen LogP contribution < -0.4 is 4.74 Å². The van der Waals surface area contributed by atoms with Gasteiger partial charge in [0.25, 0.3) is 0 Å². The van der Waals surface area contributed by atoms with Gasteiger partial charge in [0.2, 0.25) is 11.1 Å². The van der Waals surface area contributed by atoms with Gasteiger partial charge in [0.15, 0.2) is 0 Å². The van der Waals surface area contributed by atoms with Gasteiger partial charge >= 0.3 is 0 Å². The molecule has 146 valence electrons. The van der Waals surface area contributed by atoms with Gasteiger partial charge in [0.05, 0.1) is 12.9 Å². The molecule has 0 fully saturated rings. The minimum absolute atomic E-state index is 0.0436. The quantitative estimate of drug-likeness (QED) is 0.544. The van der Waals surface area contributed by atoms with Crippen LogP contribution in [0.1, 0.15) is 18.1 Å². The van der Waals surface area contributed by atoms with Gasteiger partial charge in [-0.15, -0.1) is 5.10 Å². The summed E-state index contributed by atoms with van der Waals surface area (Å²) in [6.45, 7) is 5.21. The van der Waals surface area contributed by atoms with E-state index in [0.29, 0.717) is 24.0 Å². The van der Waals surface area contributed by atoms with E-state index in [-0.39, 0.29) is 11.7 Å². The molecule has 2 aromatic carbocycles. The predicted octanol–water partition coefficient (Wildman–Crippen LogP) is 3.12. The smallest absolute Gasteiger partial charge is 0.233 e. The fourth-order valence-corrected chi connectivity index (χ4v) is 3.57. The number of aryl methyl sites for hydroxylation is 1. The lowest BCUT2D eigenvalue weighted by molar-refractivity contribution is -0.128. The summed E-state index contributed by atoms with van der Waals surface area (Å²) in [6, 6.07) is 15.8. The molecule has 1 aromatic heterocycles. The van der Waals surface area contributed by atoms with Gasteiger partial charge in [-0.05, 0) is 47.5 Å². The average molecular weight is 398 g/mol. The van der Waals surface area contributed by atoms with Crippen molar-refractivity contribution in [2.75, 3.05) is 19.4 Å². The highest BCUT2D eigenvalue weighted by molar-refractivity contribution is 7.99. The molecule has 3 rings (SSSR count). The van der Waals surface area contributed by atoms with Gasteiger partial charge in [-0.3, -0.25) is 4.79 Å². The molecule has 0 saturated carbocycles. The maximum absolute atomic E-state index is 12.7. The van der Waals surface area contributed by atoms with Crippen LogP contribution in [0.15, 0.2) is 53.7 Å².